The largest absolute Gasteiger partial charge is 0.309 e. The number of benzene rings is 12. The zero-order valence-electron chi connectivity index (χ0n) is 43.7. The molecule has 0 bridgehead atoms. The highest BCUT2D eigenvalue weighted by Gasteiger charge is 2.47. The third kappa shape index (κ3) is 6.08. The standard InChI is InChI=1S/C75H50N4/c1-47-27-39-65-61(43-47)62-44-48(2)28-40-66(62)75(65,49-29-41-73-63(45-49)59-19-7-13-25-71(59)78(73)53-35-31-51(32-36-53)76-67-21-9-3-15-55(67)56-16-4-10-22-68(56)76)50-30-42-74-64(46-50)60-20-8-14-26-72(60)79(74)54-37-33-52(34-38-54)77-69-23-11-5-17-57(69)58-18-6-12-24-70(58)77/h3-46H,1-2H3. The minimum Gasteiger partial charge on any atom is -0.309 e. The van der Waals surface area contributed by atoms with Crippen molar-refractivity contribution >= 4 is 87.2 Å². The van der Waals surface area contributed by atoms with Crippen molar-refractivity contribution in [2.24, 2.45) is 0 Å². The normalized spacial score (nSPS) is 13.0. The molecule has 0 saturated heterocycles. The van der Waals surface area contributed by atoms with Gasteiger partial charge in [-0.25, -0.2) is 0 Å². The molecule has 12 aromatic carbocycles. The van der Waals surface area contributed by atoms with Crippen molar-refractivity contribution in [2.75, 3.05) is 0 Å². The smallest absolute Gasteiger partial charge is 0.0714 e. The molecule has 17 rings (SSSR count). The Labute approximate surface area is 456 Å². The van der Waals surface area contributed by atoms with Crippen LogP contribution in [-0.4, -0.2) is 18.3 Å². The van der Waals surface area contributed by atoms with Gasteiger partial charge in [0.2, 0.25) is 0 Å². The molecule has 4 heterocycles. The van der Waals surface area contributed by atoms with Gasteiger partial charge in [0.05, 0.1) is 49.5 Å². The number of rotatable bonds is 6. The van der Waals surface area contributed by atoms with Crippen molar-refractivity contribution in [1.82, 2.24) is 18.3 Å². The van der Waals surface area contributed by atoms with Gasteiger partial charge in [0.25, 0.3) is 0 Å². The number of fused-ring (bicyclic) bond motifs is 15. The van der Waals surface area contributed by atoms with Crippen molar-refractivity contribution < 1.29 is 0 Å². The molecule has 0 unspecified atom stereocenters. The zero-order valence-corrected chi connectivity index (χ0v) is 43.7. The fraction of sp³-hybridized carbons (Fsp3) is 0.0400. The number of aryl methyl sites for hydroxylation is 2. The summed E-state index contributed by atoms with van der Waals surface area (Å²) in [7, 11) is 0. The second-order valence-corrected chi connectivity index (χ2v) is 21.8. The van der Waals surface area contributed by atoms with E-state index in [1.165, 1.54) is 132 Å². The summed E-state index contributed by atoms with van der Waals surface area (Å²) in [6.45, 7) is 4.45. The minimum atomic E-state index is -0.630. The lowest BCUT2D eigenvalue weighted by Gasteiger charge is -2.34. The van der Waals surface area contributed by atoms with Gasteiger partial charge < -0.3 is 18.3 Å². The summed E-state index contributed by atoms with van der Waals surface area (Å²) < 4.78 is 9.70. The molecule has 0 fully saturated rings. The van der Waals surface area contributed by atoms with Gasteiger partial charge in [-0.05, 0) is 156 Å². The fourth-order valence-electron chi connectivity index (χ4n) is 14.2. The Kier molecular flexibility index (Phi) is 9.15. The van der Waals surface area contributed by atoms with Crippen molar-refractivity contribution in [3.05, 3.63) is 300 Å². The molecule has 0 amide bonds. The van der Waals surface area contributed by atoms with Crippen LogP contribution < -0.4 is 0 Å². The number of hydrogen-bond acceptors (Lipinski definition) is 0. The third-order valence-electron chi connectivity index (χ3n) is 17.6. The van der Waals surface area contributed by atoms with Crippen LogP contribution in [0, 0.1) is 13.8 Å². The van der Waals surface area contributed by atoms with E-state index in [0.29, 0.717) is 0 Å². The zero-order chi connectivity index (χ0) is 52.1. The van der Waals surface area contributed by atoms with Gasteiger partial charge in [0.1, 0.15) is 0 Å². The molecule has 0 radical (unpaired) electrons. The minimum absolute atomic E-state index is 0.630. The quantitative estimate of drug-likeness (QED) is 0.158. The number of hydrogen-bond donors (Lipinski definition) is 0. The molecule has 0 atom stereocenters. The molecule has 0 aliphatic heterocycles. The Balaban J connectivity index is 0.855. The lowest BCUT2D eigenvalue weighted by molar-refractivity contribution is 0.771. The van der Waals surface area contributed by atoms with Gasteiger partial charge in [-0.3, -0.25) is 0 Å². The number of nitrogens with zero attached hydrogens (tertiary/aromatic N) is 4. The summed E-state index contributed by atoms with van der Waals surface area (Å²) in [5.41, 5.74) is 23.7. The van der Waals surface area contributed by atoms with Crippen LogP contribution in [0.25, 0.3) is 121 Å². The monoisotopic (exact) mass is 1010 g/mol. The fourth-order valence-corrected chi connectivity index (χ4v) is 14.2. The second-order valence-electron chi connectivity index (χ2n) is 21.8. The van der Waals surface area contributed by atoms with Crippen molar-refractivity contribution in [1.29, 1.82) is 0 Å². The van der Waals surface area contributed by atoms with Gasteiger partial charge in [-0.1, -0.05) is 169 Å². The summed E-state index contributed by atoms with van der Waals surface area (Å²) in [5.74, 6) is 0. The molecule has 1 aliphatic carbocycles. The van der Waals surface area contributed by atoms with Crippen LogP contribution in [0.2, 0.25) is 0 Å². The summed E-state index contributed by atoms with van der Waals surface area (Å²) in [6, 6.07) is 100. The number of para-hydroxylation sites is 6. The number of aromatic nitrogens is 4. The molecule has 0 spiro atoms. The van der Waals surface area contributed by atoms with Crippen molar-refractivity contribution in [3.63, 3.8) is 0 Å². The molecule has 370 valence electrons. The average molecular weight is 1010 g/mol. The molecule has 4 aromatic heterocycles. The predicted octanol–water partition coefficient (Wildman–Crippen LogP) is 19.1. The van der Waals surface area contributed by atoms with E-state index in [-0.39, 0.29) is 0 Å². The van der Waals surface area contributed by atoms with Gasteiger partial charge in [0, 0.05) is 65.8 Å². The molecule has 16 aromatic rings. The maximum Gasteiger partial charge on any atom is 0.0714 e. The Morgan fingerprint density at radius 2 is 0.481 bits per heavy atom. The Hall–Kier alpha value is -10.2. The Morgan fingerprint density at radius 3 is 0.772 bits per heavy atom. The van der Waals surface area contributed by atoms with Crippen LogP contribution in [0.1, 0.15) is 33.4 Å². The highest BCUT2D eigenvalue weighted by molar-refractivity contribution is 6.13. The average Bonchev–Trinajstić information content (AvgIpc) is 4.40. The Morgan fingerprint density at radius 1 is 0.228 bits per heavy atom. The maximum atomic E-state index is 2.52. The summed E-state index contributed by atoms with van der Waals surface area (Å²) in [4.78, 5) is 0. The summed E-state index contributed by atoms with van der Waals surface area (Å²) in [6.07, 6.45) is 0. The van der Waals surface area contributed by atoms with Crippen LogP contribution in [0.4, 0.5) is 0 Å². The SMILES string of the molecule is Cc1ccc2c(c1)-c1cc(C)ccc1C2(c1ccc2c(c1)c1ccccc1n2-c1ccc(-n2c3ccccc3c3ccccc32)cc1)c1ccc2c(c1)c1ccccc1n2-c1ccc(-n2c3ccccc3c3ccccc32)cc1. The maximum absolute atomic E-state index is 2.52. The van der Waals surface area contributed by atoms with Crippen molar-refractivity contribution in [2.45, 2.75) is 19.3 Å². The van der Waals surface area contributed by atoms with E-state index < -0.39 is 5.41 Å². The van der Waals surface area contributed by atoms with E-state index in [1.54, 1.807) is 0 Å². The lowest BCUT2D eigenvalue weighted by Crippen LogP contribution is -2.28. The molecule has 4 nitrogen and oxygen atoms in total. The van der Waals surface area contributed by atoms with E-state index in [9.17, 15) is 0 Å². The molecule has 79 heavy (non-hydrogen) atoms. The first kappa shape index (κ1) is 44.0. The molecular formula is C75H50N4. The first-order valence-electron chi connectivity index (χ1n) is 27.5. The van der Waals surface area contributed by atoms with E-state index in [0.717, 1.165) is 22.7 Å². The topological polar surface area (TPSA) is 19.7 Å². The second kappa shape index (κ2) is 16.4. The van der Waals surface area contributed by atoms with Gasteiger partial charge >= 0.3 is 0 Å². The van der Waals surface area contributed by atoms with Crippen LogP contribution in [-0.2, 0) is 5.41 Å². The highest BCUT2D eigenvalue weighted by atomic mass is 15.0. The van der Waals surface area contributed by atoms with E-state index in [4.69, 9.17) is 0 Å². The first-order chi connectivity index (χ1) is 39.0. The molecular weight excluding hydrogens is 957 g/mol. The van der Waals surface area contributed by atoms with Crippen LogP contribution in [0.15, 0.2) is 267 Å². The van der Waals surface area contributed by atoms with E-state index in [2.05, 4.69) is 299 Å². The third-order valence-corrected chi connectivity index (χ3v) is 17.6. The summed E-state index contributed by atoms with van der Waals surface area (Å²) in [5, 5.41) is 9.98. The lowest BCUT2D eigenvalue weighted by atomic mass is 9.67. The highest BCUT2D eigenvalue weighted by Crippen LogP contribution is 2.58. The van der Waals surface area contributed by atoms with Gasteiger partial charge in [-0.2, -0.15) is 0 Å². The molecule has 0 saturated carbocycles. The van der Waals surface area contributed by atoms with Crippen LogP contribution in [0.3, 0.4) is 0 Å². The van der Waals surface area contributed by atoms with Crippen LogP contribution in [0.5, 0.6) is 0 Å². The van der Waals surface area contributed by atoms with Crippen LogP contribution >= 0.6 is 0 Å². The van der Waals surface area contributed by atoms with Gasteiger partial charge in [0.15, 0.2) is 0 Å². The predicted molar refractivity (Wildman–Crippen MR) is 331 cm³/mol. The van der Waals surface area contributed by atoms with E-state index >= 15 is 0 Å². The van der Waals surface area contributed by atoms with Gasteiger partial charge in [-0.15, -0.1) is 0 Å². The van der Waals surface area contributed by atoms with E-state index in [1.807, 2.05) is 0 Å². The molecule has 4 heteroatoms. The molecule has 0 N–H and O–H groups in total. The van der Waals surface area contributed by atoms with Crippen molar-refractivity contribution in [3.8, 4) is 33.9 Å². The first-order valence-corrected chi connectivity index (χ1v) is 27.5. The Bertz CT molecular complexity index is 4780. The summed E-state index contributed by atoms with van der Waals surface area (Å²) >= 11 is 0. The molecule has 1 aliphatic rings.